The van der Waals surface area contributed by atoms with Crippen LogP contribution in [0.2, 0.25) is 0 Å². The fourth-order valence-electron chi connectivity index (χ4n) is 5.47. The largest absolute Gasteiger partial charge is 0.379 e. The van der Waals surface area contributed by atoms with Crippen molar-refractivity contribution in [3.05, 3.63) is 53.1 Å². The minimum atomic E-state index is 0.0348. The van der Waals surface area contributed by atoms with Crippen molar-refractivity contribution in [3.8, 4) is 0 Å². The summed E-state index contributed by atoms with van der Waals surface area (Å²) in [5, 5.41) is 8.14. The van der Waals surface area contributed by atoms with Crippen molar-refractivity contribution in [1.29, 1.82) is 0 Å². The molecule has 2 aliphatic rings. The molecule has 2 fully saturated rings. The van der Waals surface area contributed by atoms with Crippen molar-refractivity contribution in [2.24, 2.45) is 11.8 Å². The molecule has 0 aromatic carbocycles. The summed E-state index contributed by atoms with van der Waals surface area (Å²) < 4.78 is 7.62. The lowest BCUT2D eigenvalue weighted by Crippen LogP contribution is -2.44. The number of hydrogen-bond acceptors (Lipinski definition) is 6. The molecule has 0 bridgehead atoms. The third kappa shape index (κ3) is 3.62. The molecule has 8 nitrogen and oxygen atoms in total. The smallest absolute Gasteiger partial charge is 0.259 e. The monoisotopic (exact) mass is 434 g/mol. The Morgan fingerprint density at radius 3 is 2.66 bits per heavy atom. The number of fused-ring (bicyclic) bond motifs is 2. The van der Waals surface area contributed by atoms with E-state index in [2.05, 4.69) is 20.4 Å². The van der Waals surface area contributed by atoms with Gasteiger partial charge in [0.2, 0.25) is 0 Å². The lowest BCUT2D eigenvalue weighted by atomic mass is 9.77. The second-order valence-corrected chi connectivity index (χ2v) is 9.18. The number of methoxy groups -OCH3 is 1. The van der Waals surface area contributed by atoms with Crippen LogP contribution in [0.15, 0.2) is 30.5 Å². The maximum absolute atomic E-state index is 13.6. The average Bonchev–Trinajstić information content (AvgIpc) is 3.33. The summed E-state index contributed by atoms with van der Waals surface area (Å²) in [4.78, 5) is 24.7. The van der Waals surface area contributed by atoms with Crippen LogP contribution < -0.4 is 5.32 Å². The number of pyridine rings is 1. The minimum absolute atomic E-state index is 0.0348. The summed E-state index contributed by atoms with van der Waals surface area (Å²) in [6.07, 6.45) is 3.77. The molecule has 8 heteroatoms. The number of anilines is 1. The van der Waals surface area contributed by atoms with Gasteiger partial charge in [0.25, 0.3) is 5.91 Å². The van der Waals surface area contributed by atoms with Crippen LogP contribution in [0.1, 0.15) is 40.3 Å². The number of nitrogens with zero attached hydrogens (tertiary/aromatic N) is 5. The molecule has 0 unspecified atom stereocenters. The number of carbonyl (C=O) groups excluding carboxylic acids is 1. The maximum atomic E-state index is 13.6. The Morgan fingerprint density at radius 2 is 1.94 bits per heavy atom. The molecule has 1 N–H and O–H groups in total. The van der Waals surface area contributed by atoms with Gasteiger partial charge in [0.1, 0.15) is 11.4 Å². The second-order valence-electron chi connectivity index (χ2n) is 9.18. The van der Waals surface area contributed by atoms with E-state index in [0.29, 0.717) is 23.0 Å². The highest BCUT2D eigenvalue weighted by Gasteiger charge is 2.44. The fraction of sp³-hybridized carbons (Fsp3) is 0.500. The van der Waals surface area contributed by atoms with Crippen molar-refractivity contribution in [3.63, 3.8) is 0 Å². The van der Waals surface area contributed by atoms with Gasteiger partial charge >= 0.3 is 0 Å². The zero-order valence-electron chi connectivity index (χ0n) is 19.1. The first-order valence-corrected chi connectivity index (χ1v) is 11.3. The van der Waals surface area contributed by atoms with E-state index in [-0.39, 0.29) is 18.1 Å². The molecule has 5 rings (SSSR count). The van der Waals surface area contributed by atoms with Crippen molar-refractivity contribution in [1.82, 2.24) is 24.5 Å². The van der Waals surface area contributed by atoms with E-state index in [4.69, 9.17) is 4.74 Å². The topological polar surface area (TPSA) is 84.7 Å². The third-order valence-corrected chi connectivity index (χ3v) is 6.99. The first kappa shape index (κ1) is 20.9. The number of likely N-dealkylation sites (tertiary alicyclic amines) is 1. The van der Waals surface area contributed by atoms with Gasteiger partial charge in [-0.2, -0.15) is 5.10 Å². The summed E-state index contributed by atoms with van der Waals surface area (Å²) in [6, 6.07) is 8.04. The predicted octanol–water partition coefficient (Wildman–Crippen LogP) is 3.03. The van der Waals surface area contributed by atoms with E-state index in [1.54, 1.807) is 17.8 Å². The highest BCUT2D eigenvalue weighted by molar-refractivity contribution is 6.01. The van der Waals surface area contributed by atoms with Gasteiger partial charge in [-0.05, 0) is 63.6 Å². The standard InChI is InChI=1S/C24H30N6O2/c1-14-9-15(2)30-23(26-14)22(16(3)28-30)24(31)29-12-17-10-19(20(32-4)11-18(17)13-29)27-21-7-5-6-8-25-21/h5-9,17-20H,10-13H2,1-4H3,(H,25,27)/t17-,18+,19-,20-/m1/s1. The summed E-state index contributed by atoms with van der Waals surface area (Å²) in [6.45, 7) is 7.34. The summed E-state index contributed by atoms with van der Waals surface area (Å²) in [5.41, 5.74) is 3.89. The molecule has 0 radical (unpaired) electrons. The number of nitrogens with one attached hydrogen (secondary N) is 1. The maximum Gasteiger partial charge on any atom is 0.259 e. The van der Waals surface area contributed by atoms with E-state index in [0.717, 1.165) is 48.8 Å². The van der Waals surface area contributed by atoms with Crippen LogP contribution in [0.4, 0.5) is 5.82 Å². The average molecular weight is 435 g/mol. The van der Waals surface area contributed by atoms with Crippen LogP contribution >= 0.6 is 0 Å². The Hall–Kier alpha value is -3.00. The number of amides is 1. The molecule has 1 aliphatic heterocycles. The zero-order valence-corrected chi connectivity index (χ0v) is 19.1. The van der Waals surface area contributed by atoms with Gasteiger partial charge in [-0.15, -0.1) is 0 Å². The molecule has 3 aromatic heterocycles. The number of aryl methyl sites for hydroxylation is 3. The van der Waals surface area contributed by atoms with E-state index < -0.39 is 0 Å². The number of aromatic nitrogens is 4. The molecule has 1 aliphatic carbocycles. The third-order valence-electron chi connectivity index (χ3n) is 6.99. The number of hydrogen-bond donors (Lipinski definition) is 1. The minimum Gasteiger partial charge on any atom is -0.379 e. The molecule has 168 valence electrons. The Kier molecular flexibility index (Phi) is 5.33. The molecule has 32 heavy (non-hydrogen) atoms. The van der Waals surface area contributed by atoms with Crippen LogP contribution in [0, 0.1) is 32.6 Å². The van der Waals surface area contributed by atoms with Crippen molar-refractivity contribution >= 4 is 17.4 Å². The molecule has 1 amide bonds. The summed E-state index contributed by atoms with van der Waals surface area (Å²) >= 11 is 0. The van der Waals surface area contributed by atoms with Crippen LogP contribution in [0.3, 0.4) is 0 Å². The molecule has 3 aromatic rings. The highest BCUT2D eigenvalue weighted by Crippen LogP contribution is 2.39. The van der Waals surface area contributed by atoms with Gasteiger partial charge in [0.15, 0.2) is 5.65 Å². The molecular formula is C24H30N6O2. The van der Waals surface area contributed by atoms with E-state index in [9.17, 15) is 4.79 Å². The molecule has 4 heterocycles. The Bertz CT molecular complexity index is 1140. The van der Waals surface area contributed by atoms with Gasteiger partial charge in [0, 0.05) is 37.8 Å². The summed E-state index contributed by atoms with van der Waals surface area (Å²) in [5.74, 6) is 1.77. The van der Waals surface area contributed by atoms with Gasteiger partial charge in [0.05, 0.1) is 17.8 Å². The number of carbonyl (C=O) groups is 1. The molecule has 1 saturated carbocycles. The Labute approximate surface area is 188 Å². The van der Waals surface area contributed by atoms with Crippen LogP contribution in [-0.4, -0.2) is 62.7 Å². The SMILES string of the molecule is CO[C@@H]1C[C@H]2CN(C(=O)c3c(C)nn4c(C)cc(C)nc34)C[C@H]2C[C@H]1Nc1ccccn1. The van der Waals surface area contributed by atoms with Crippen LogP contribution in [0.5, 0.6) is 0 Å². The predicted molar refractivity (Wildman–Crippen MR) is 122 cm³/mol. The first-order valence-electron chi connectivity index (χ1n) is 11.3. The number of ether oxygens (including phenoxy) is 1. The van der Waals surface area contributed by atoms with E-state index in [1.807, 2.05) is 49.9 Å². The lowest BCUT2D eigenvalue weighted by Gasteiger charge is -2.37. The van der Waals surface area contributed by atoms with Crippen molar-refractivity contribution < 1.29 is 9.53 Å². The first-order chi connectivity index (χ1) is 15.4. The van der Waals surface area contributed by atoms with Gasteiger partial charge in [-0.3, -0.25) is 4.79 Å². The number of rotatable bonds is 4. The van der Waals surface area contributed by atoms with Crippen LogP contribution in [0.25, 0.3) is 5.65 Å². The molecule has 0 spiro atoms. The van der Waals surface area contributed by atoms with Crippen molar-refractivity contribution in [2.75, 3.05) is 25.5 Å². The fourth-order valence-corrected chi connectivity index (χ4v) is 5.47. The van der Waals surface area contributed by atoms with Crippen molar-refractivity contribution in [2.45, 2.75) is 45.8 Å². The van der Waals surface area contributed by atoms with Gasteiger partial charge in [-0.1, -0.05) is 6.07 Å². The summed E-state index contributed by atoms with van der Waals surface area (Å²) in [7, 11) is 1.77. The normalized spacial score (nSPS) is 25.2. The Morgan fingerprint density at radius 1 is 1.16 bits per heavy atom. The quantitative estimate of drug-likeness (QED) is 0.680. The lowest BCUT2D eigenvalue weighted by molar-refractivity contribution is 0.0304. The van der Waals surface area contributed by atoms with Gasteiger partial charge < -0.3 is 15.0 Å². The van der Waals surface area contributed by atoms with Crippen LogP contribution in [-0.2, 0) is 4.74 Å². The molecular weight excluding hydrogens is 404 g/mol. The van der Waals surface area contributed by atoms with Gasteiger partial charge in [-0.25, -0.2) is 14.5 Å². The second kappa shape index (κ2) is 8.16. The molecule has 4 atom stereocenters. The zero-order chi connectivity index (χ0) is 22.4. The van der Waals surface area contributed by atoms with E-state index in [1.165, 1.54) is 0 Å². The highest BCUT2D eigenvalue weighted by atomic mass is 16.5. The molecule has 1 saturated heterocycles. The van der Waals surface area contributed by atoms with E-state index >= 15 is 0 Å². The Balaban J connectivity index is 1.37.